The highest BCUT2D eigenvalue weighted by Gasteiger charge is 2.26. The average Bonchev–Trinajstić information content (AvgIpc) is 3.37. The highest BCUT2D eigenvalue weighted by Crippen LogP contribution is 2.23. The van der Waals surface area contributed by atoms with Crippen LogP contribution in [-0.4, -0.2) is 51.3 Å². The van der Waals surface area contributed by atoms with Crippen LogP contribution in [0.15, 0.2) is 12.1 Å². The lowest BCUT2D eigenvalue weighted by molar-refractivity contribution is 0.102. The van der Waals surface area contributed by atoms with Gasteiger partial charge in [0.05, 0.1) is 39.1 Å². The SMILES string of the molecule is C(OCC1CO1)C1CO1.Cc1ccc(C)c(CC2CO2)c1C. The number of hydrogen-bond acceptors (Lipinski definition) is 4. The van der Waals surface area contributed by atoms with Crippen LogP contribution >= 0.6 is 0 Å². The van der Waals surface area contributed by atoms with Gasteiger partial charge in [0.25, 0.3) is 0 Å². The summed E-state index contributed by atoms with van der Waals surface area (Å²) in [5.74, 6) is 0. The van der Waals surface area contributed by atoms with E-state index in [1.165, 1.54) is 22.3 Å². The van der Waals surface area contributed by atoms with E-state index < -0.39 is 0 Å². The molecule has 22 heavy (non-hydrogen) atoms. The Morgan fingerprint density at radius 2 is 1.36 bits per heavy atom. The van der Waals surface area contributed by atoms with E-state index >= 15 is 0 Å². The fourth-order valence-electron chi connectivity index (χ4n) is 2.40. The van der Waals surface area contributed by atoms with Crippen molar-refractivity contribution in [1.82, 2.24) is 0 Å². The summed E-state index contributed by atoms with van der Waals surface area (Å²) < 4.78 is 20.4. The lowest BCUT2D eigenvalue weighted by Crippen LogP contribution is -2.06. The molecule has 0 N–H and O–H groups in total. The molecule has 3 aliphatic heterocycles. The molecule has 0 aromatic heterocycles. The van der Waals surface area contributed by atoms with Crippen molar-refractivity contribution in [3.63, 3.8) is 0 Å². The number of ether oxygens (including phenoxy) is 4. The first-order valence-corrected chi connectivity index (χ1v) is 8.11. The van der Waals surface area contributed by atoms with Crippen LogP contribution in [-0.2, 0) is 25.4 Å². The van der Waals surface area contributed by atoms with E-state index in [-0.39, 0.29) is 0 Å². The third-order valence-electron chi connectivity index (χ3n) is 4.35. The zero-order chi connectivity index (χ0) is 15.5. The van der Waals surface area contributed by atoms with Gasteiger partial charge in [-0.05, 0) is 43.0 Å². The van der Waals surface area contributed by atoms with Gasteiger partial charge in [0, 0.05) is 6.42 Å². The van der Waals surface area contributed by atoms with Gasteiger partial charge in [0.1, 0.15) is 12.2 Å². The number of epoxide rings is 3. The van der Waals surface area contributed by atoms with Crippen molar-refractivity contribution in [2.75, 3.05) is 33.0 Å². The number of hydrogen-bond donors (Lipinski definition) is 0. The Morgan fingerprint density at radius 1 is 0.864 bits per heavy atom. The highest BCUT2D eigenvalue weighted by molar-refractivity contribution is 5.39. The summed E-state index contributed by atoms with van der Waals surface area (Å²) in [5.41, 5.74) is 5.72. The van der Waals surface area contributed by atoms with Crippen molar-refractivity contribution in [2.45, 2.75) is 45.5 Å². The third kappa shape index (κ3) is 5.06. The minimum Gasteiger partial charge on any atom is -0.376 e. The van der Waals surface area contributed by atoms with Crippen molar-refractivity contribution in [3.8, 4) is 0 Å². The van der Waals surface area contributed by atoms with E-state index in [9.17, 15) is 0 Å². The van der Waals surface area contributed by atoms with Gasteiger partial charge in [-0.25, -0.2) is 0 Å². The maximum Gasteiger partial charge on any atom is 0.104 e. The molecule has 3 atom stereocenters. The van der Waals surface area contributed by atoms with Gasteiger partial charge in [0.2, 0.25) is 0 Å². The maximum absolute atomic E-state index is 5.26. The molecule has 1 aromatic rings. The largest absolute Gasteiger partial charge is 0.376 e. The summed E-state index contributed by atoms with van der Waals surface area (Å²) in [5, 5.41) is 0. The zero-order valence-electron chi connectivity index (χ0n) is 13.8. The molecule has 0 amide bonds. The van der Waals surface area contributed by atoms with Gasteiger partial charge in [-0.1, -0.05) is 12.1 Å². The summed E-state index contributed by atoms with van der Waals surface area (Å²) in [6.07, 6.45) is 2.38. The van der Waals surface area contributed by atoms with Gasteiger partial charge < -0.3 is 18.9 Å². The van der Waals surface area contributed by atoms with Crippen LogP contribution in [0.1, 0.15) is 22.3 Å². The molecule has 122 valence electrons. The molecule has 3 aliphatic rings. The van der Waals surface area contributed by atoms with Crippen LogP contribution in [0.25, 0.3) is 0 Å². The van der Waals surface area contributed by atoms with Crippen molar-refractivity contribution in [3.05, 3.63) is 34.4 Å². The smallest absolute Gasteiger partial charge is 0.104 e. The summed E-state index contributed by atoms with van der Waals surface area (Å²) >= 11 is 0. The molecule has 4 nitrogen and oxygen atoms in total. The first-order chi connectivity index (χ1) is 10.6. The lowest BCUT2D eigenvalue weighted by atomic mass is 9.95. The Balaban J connectivity index is 0.000000139. The Kier molecular flexibility index (Phi) is 5.14. The third-order valence-corrected chi connectivity index (χ3v) is 4.35. The molecule has 3 heterocycles. The van der Waals surface area contributed by atoms with Gasteiger partial charge in [-0.2, -0.15) is 0 Å². The lowest BCUT2D eigenvalue weighted by Gasteiger charge is -2.10. The molecule has 0 saturated carbocycles. The van der Waals surface area contributed by atoms with Gasteiger partial charge >= 0.3 is 0 Å². The fraction of sp³-hybridized carbons (Fsp3) is 0.667. The topological polar surface area (TPSA) is 46.8 Å². The molecule has 4 heteroatoms. The van der Waals surface area contributed by atoms with E-state index in [1.807, 2.05) is 0 Å². The molecule has 4 rings (SSSR count). The zero-order valence-corrected chi connectivity index (χ0v) is 13.8. The van der Waals surface area contributed by atoms with E-state index in [0.29, 0.717) is 18.3 Å². The molecule has 0 radical (unpaired) electrons. The molecule has 1 aromatic carbocycles. The summed E-state index contributed by atoms with van der Waals surface area (Å²) in [4.78, 5) is 0. The van der Waals surface area contributed by atoms with Crippen molar-refractivity contribution < 1.29 is 18.9 Å². The Bertz CT molecular complexity index is 490. The Hall–Kier alpha value is -0.940. The number of aryl methyl sites for hydroxylation is 2. The maximum atomic E-state index is 5.26. The molecular weight excluding hydrogens is 280 g/mol. The molecule has 3 saturated heterocycles. The van der Waals surface area contributed by atoms with Crippen molar-refractivity contribution in [1.29, 1.82) is 0 Å². The molecule has 3 fully saturated rings. The minimum absolute atomic E-state index is 0.392. The standard InChI is InChI=1S/C12H16O.C6H10O3/c1-8-4-5-9(2)12(10(8)3)6-11-7-13-11;1(5-3-8-5)7-2-6-4-9-6/h4-5,11H,6-7H2,1-3H3;5-6H,1-4H2. The predicted octanol–water partition coefficient (Wildman–Crippen LogP) is 2.35. The second kappa shape index (κ2) is 7.09. The summed E-state index contributed by atoms with van der Waals surface area (Å²) in [7, 11) is 0. The van der Waals surface area contributed by atoms with Crippen molar-refractivity contribution >= 4 is 0 Å². The van der Waals surface area contributed by atoms with E-state index in [2.05, 4.69) is 32.9 Å². The van der Waals surface area contributed by atoms with Gasteiger partial charge in [0.15, 0.2) is 0 Å². The molecule has 3 unspecified atom stereocenters. The van der Waals surface area contributed by atoms with Gasteiger partial charge in [-0.3, -0.25) is 0 Å². The fourth-order valence-corrected chi connectivity index (χ4v) is 2.40. The van der Waals surface area contributed by atoms with E-state index in [1.54, 1.807) is 0 Å². The molecule has 0 spiro atoms. The van der Waals surface area contributed by atoms with Crippen LogP contribution in [0, 0.1) is 20.8 Å². The Labute approximate surface area is 132 Å². The van der Waals surface area contributed by atoms with Crippen LogP contribution < -0.4 is 0 Å². The molecule has 0 bridgehead atoms. The first kappa shape index (κ1) is 15.9. The highest BCUT2D eigenvalue weighted by atomic mass is 16.6. The normalized spacial score (nSPS) is 27.9. The summed E-state index contributed by atoms with van der Waals surface area (Å²) in [6.45, 7) is 10.8. The molecule has 0 aliphatic carbocycles. The van der Waals surface area contributed by atoms with Crippen LogP contribution in [0.4, 0.5) is 0 Å². The first-order valence-electron chi connectivity index (χ1n) is 8.11. The Morgan fingerprint density at radius 3 is 1.86 bits per heavy atom. The van der Waals surface area contributed by atoms with Crippen LogP contribution in [0.5, 0.6) is 0 Å². The monoisotopic (exact) mass is 306 g/mol. The van der Waals surface area contributed by atoms with Crippen LogP contribution in [0.3, 0.4) is 0 Å². The second-order valence-corrected chi connectivity index (χ2v) is 6.41. The van der Waals surface area contributed by atoms with Crippen LogP contribution in [0.2, 0.25) is 0 Å². The quantitative estimate of drug-likeness (QED) is 0.757. The predicted molar refractivity (Wildman–Crippen MR) is 84.4 cm³/mol. The second-order valence-electron chi connectivity index (χ2n) is 6.41. The number of rotatable bonds is 6. The van der Waals surface area contributed by atoms with E-state index in [0.717, 1.165) is 39.5 Å². The summed E-state index contributed by atoms with van der Waals surface area (Å²) in [6, 6.07) is 4.40. The minimum atomic E-state index is 0.392. The average molecular weight is 306 g/mol. The van der Waals surface area contributed by atoms with Gasteiger partial charge in [-0.15, -0.1) is 0 Å². The number of benzene rings is 1. The molecular formula is C18H26O4. The van der Waals surface area contributed by atoms with E-state index in [4.69, 9.17) is 18.9 Å². The van der Waals surface area contributed by atoms with Crippen molar-refractivity contribution in [2.24, 2.45) is 0 Å².